The number of anilines is 1. The van der Waals surface area contributed by atoms with E-state index in [1.54, 1.807) is 17.4 Å². The van der Waals surface area contributed by atoms with Crippen molar-refractivity contribution < 1.29 is 9.18 Å². The van der Waals surface area contributed by atoms with Gasteiger partial charge >= 0.3 is 0 Å². The van der Waals surface area contributed by atoms with E-state index in [2.05, 4.69) is 36.4 Å². The molecule has 124 valence electrons. The molecule has 0 aliphatic carbocycles. The lowest BCUT2D eigenvalue weighted by atomic mass is 10.3. The molecule has 0 fully saturated rings. The third kappa shape index (κ3) is 4.65. The number of hydrogen-bond acceptors (Lipinski definition) is 5. The lowest BCUT2D eigenvalue weighted by Gasteiger charge is -2.05. The van der Waals surface area contributed by atoms with Gasteiger partial charge in [0.15, 0.2) is 0 Å². The molecule has 2 heterocycles. The number of carbonyl (C=O) groups excluding carboxylic acids is 1. The summed E-state index contributed by atoms with van der Waals surface area (Å²) in [6.07, 6.45) is 0.682. The molecule has 0 saturated heterocycles. The molecule has 0 aliphatic rings. The van der Waals surface area contributed by atoms with E-state index in [0.29, 0.717) is 16.0 Å². The van der Waals surface area contributed by atoms with Crippen LogP contribution in [-0.2, 0) is 11.2 Å². The molecule has 9 heteroatoms. The first-order chi connectivity index (χ1) is 11.6. The first-order valence-corrected chi connectivity index (χ1v) is 9.57. The van der Waals surface area contributed by atoms with Crippen LogP contribution in [0, 0.1) is 5.82 Å². The Morgan fingerprint density at radius 1 is 1.42 bits per heavy atom. The molecule has 0 bridgehead atoms. The number of benzene rings is 1. The Morgan fingerprint density at radius 2 is 2.29 bits per heavy atom. The van der Waals surface area contributed by atoms with Gasteiger partial charge in [-0.05, 0) is 29.6 Å². The van der Waals surface area contributed by atoms with E-state index in [0.717, 1.165) is 5.82 Å². The highest BCUT2D eigenvalue weighted by atomic mass is 79.9. The normalized spacial score (nSPS) is 10.8. The van der Waals surface area contributed by atoms with Gasteiger partial charge in [-0.25, -0.2) is 9.37 Å². The van der Waals surface area contributed by atoms with Gasteiger partial charge in [-0.1, -0.05) is 33.8 Å². The summed E-state index contributed by atoms with van der Waals surface area (Å²) in [5.74, 6) is 0.0511. The van der Waals surface area contributed by atoms with E-state index in [9.17, 15) is 9.18 Å². The Bertz CT molecular complexity index is 838. The number of aromatic amines is 1. The summed E-state index contributed by atoms with van der Waals surface area (Å²) >= 11 is 6.02. The van der Waals surface area contributed by atoms with Crippen molar-refractivity contribution in [1.82, 2.24) is 15.2 Å². The summed E-state index contributed by atoms with van der Waals surface area (Å²) in [7, 11) is 0. The average Bonchev–Trinajstić information content (AvgIpc) is 3.20. The quantitative estimate of drug-likeness (QED) is 0.582. The van der Waals surface area contributed by atoms with Crippen LogP contribution in [0.5, 0.6) is 0 Å². The number of amides is 1. The van der Waals surface area contributed by atoms with Gasteiger partial charge in [0, 0.05) is 15.8 Å². The molecule has 5 nitrogen and oxygen atoms in total. The summed E-state index contributed by atoms with van der Waals surface area (Å²) in [5.41, 5.74) is 0.150. The van der Waals surface area contributed by atoms with Crippen molar-refractivity contribution in [3.8, 4) is 0 Å². The van der Waals surface area contributed by atoms with Crippen molar-refractivity contribution >= 4 is 50.6 Å². The zero-order chi connectivity index (χ0) is 16.9. The highest BCUT2D eigenvalue weighted by molar-refractivity contribution is 9.10. The topological polar surface area (TPSA) is 70.7 Å². The molecule has 0 spiro atoms. The number of nitrogens with one attached hydrogen (secondary N) is 2. The Kier molecular flexibility index (Phi) is 5.64. The minimum atomic E-state index is -0.487. The largest absolute Gasteiger partial charge is 0.323 e. The molecule has 0 aliphatic heterocycles. The third-order valence-electron chi connectivity index (χ3n) is 2.97. The molecule has 0 radical (unpaired) electrons. The number of nitrogens with zero attached hydrogens (tertiary/aromatic N) is 2. The van der Waals surface area contributed by atoms with Crippen LogP contribution in [-0.4, -0.2) is 26.8 Å². The van der Waals surface area contributed by atoms with Crippen LogP contribution in [0.1, 0.15) is 10.7 Å². The van der Waals surface area contributed by atoms with Crippen LogP contribution in [0.15, 0.2) is 45.3 Å². The highest BCUT2D eigenvalue weighted by Gasteiger charge is 2.11. The molecule has 0 saturated carbocycles. The van der Waals surface area contributed by atoms with Crippen LogP contribution in [0.3, 0.4) is 0 Å². The van der Waals surface area contributed by atoms with Crippen molar-refractivity contribution in [2.45, 2.75) is 11.6 Å². The van der Waals surface area contributed by atoms with Crippen LogP contribution >= 0.6 is 39.0 Å². The average molecular weight is 427 g/mol. The maximum Gasteiger partial charge on any atom is 0.234 e. The predicted octanol–water partition coefficient (Wildman–Crippen LogP) is 4.09. The number of hydrogen-bond donors (Lipinski definition) is 2. The molecule has 3 rings (SSSR count). The molecule has 1 amide bonds. The number of halogens is 2. The maximum atomic E-state index is 13.7. The van der Waals surface area contributed by atoms with Crippen LogP contribution in [0.25, 0.3) is 0 Å². The number of H-pyrrole nitrogens is 1. The van der Waals surface area contributed by atoms with E-state index in [1.165, 1.54) is 28.8 Å². The Morgan fingerprint density at radius 3 is 3.04 bits per heavy atom. The Labute approximate surface area is 154 Å². The minimum Gasteiger partial charge on any atom is -0.323 e. The molecule has 0 atom stereocenters. The van der Waals surface area contributed by atoms with Crippen molar-refractivity contribution in [3.63, 3.8) is 0 Å². The molecular weight excluding hydrogens is 415 g/mol. The molecule has 3 aromatic rings. The lowest BCUT2D eigenvalue weighted by molar-refractivity contribution is -0.113. The van der Waals surface area contributed by atoms with E-state index in [1.807, 2.05) is 17.5 Å². The monoisotopic (exact) mass is 426 g/mol. The van der Waals surface area contributed by atoms with Gasteiger partial charge in [-0.3, -0.25) is 9.89 Å². The molecule has 24 heavy (non-hydrogen) atoms. The van der Waals surface area contributed by atoms with E-state index < -0.39 is 5.82 Å². The van der Waals surface area contributed by atoms with Gasteiger partial charge in [-0.2, -0.15) is 0 Å². The fraction of sp³-hybridized carbons (Fsp3) is 0.133. The zero-order valence-corrected chi connectivity index (χ0v) is 15.5. The van der Waals surface area contributed by atoms with Crippen LogP contribution < -0.4 is 5.32 Å². The second kappa shape index (κ2) is 7.91. The van der Waals surface area contributed by atoms with Crippen LogP contribution in [0.4, 0.5) is 10.1 Å². The summed E-state index contributed by atoms with van der Waals surface area (Å²) in [4.78, 5) is 17.4. The van der Waals surface area contributed by atoms with Crippen molar-refractivity contribution in [2.24, 2.45) is 0 Å². The molecule has 2 aromatic heterocycles. The maximum absolute atomic E-state index is 13.7. The molecular formula is C15H12BrFN4OS2. The Hall–Kier alpha value is -1.71. The predicted molar refractivity (Wildman–Crippen MR) is 97.0 cm³/mol. The lowest BCUT2D eigenvalue weighted by Crippen LogP contribution is -2.15. The summed E-state index contributed by atoms with van der Waals surface area (Å²) in [6, 6.07) is 8.48. The number of carbonyl (C=O) groups is 1. The fourth-order valence-corrected chi connectivity index (χ4v) is 3.57. The standard InChI is InChI=1S/C15H12BrFN4OS2/c16-9-3-4-12(11(17)6-9)18-14(22)8-24-15-19-13(20-21-15)7-10-2-1-5-23-10/h1-6H,7-8H2,(H,18,22)(H,19,20,21). The zero-order valence-electron chi connectivity index (χ0n) is 12.3. The second-order valence-corrected chi connectivity index (χ2v) is 7.67. The number of thiophene rings is 1. The van der Waals surface area contributed by atoms with Gasteiger partial charge in [0.2, 0.25) is 11.1 Å². The smallest absolute Gasteiger partial charge is 0.234 e. The number of thioether (sulfide) groups is 1. The first-order valence-electron chi connectivity index (χ1n) is 6.91. The van der Waals surface area contributed by atoms with E-state index >= 15 is 0 Å². The Balaban J connectivity index is 1.52. The van der Waals surface area contributed by atoms with Crippen molar-refractivity contribution in [1.29, 1.82) is 0 Å². The van der Waals surface area contributed by atoms with Crippen molar-refractivity contribution in [3.05, 3.63) is 56.7 Å². The van der Waals surface area contributed by atoms with Crippen LogP contribution in [0.2, 0.25) is 0 Å². The fourth-order valence-electron chi connectivity index (χ4n) is 1.91. The van der Waals surface area contributed by atoms with Gasteiger partial charge in [0.25, 0.3) is 0 Å². The highest BCUT2D eigenvalue weighted by Crippen LogP contribution is 2.20. The van der Waals surface area contributed by atoms with Gasteiger partial charge < -0.3 is 5.32 Å². The summed E-state index contributed by atoms with van der Waals surface area (Å²) in [6.45, 7) is 0. The minimum absolute atomic E-state index is 0.103. The van der Waals surface area contributed by atoms with E-state index in [4.69, 9.17) is 0 Å². The number of aromatic nitrogens is 3. The van der Waals surface area contributed by atoms with Gasteiger partial charge in [0.05, 0.1) is 11.4 Å². The van der Waals surface area contributed by atoms with E-state index in [-0.39, 0.29) is 17.3 Å². The third-order valence-corrected chi connectivity index (χ3v) is 5.19. The molecule has 1 aromatic carbocycles. The first kappa shape index (κ1) is 17.1. The molecule has 2 N–H and O–H groups in total. The van der Waals surface area contributed by atoms with Gasteiger partial charge in [0.1, 0.15) is 11.6 Å². The summed E-state index contributed by atoms with van der Waals surface area (Å²) < 4.78 is 14.3. The van der Waals surface area contributed by atoms with Crippen molar-refractivity contribution in [2.75, 3.05) is 11.1 Å². The number of rotatable bonds is 6. The second-order valence-electron chi connectivity index (χ2n) is 4.78. The summed E-state index contributed by atoms with van der Waals surface area (Å²) in [5, 5.41) is 12.0. The molecule has 0 unspecified atom stereocenters. The van der Waals surface area contributed by atoms with Gasteiger partial charge in [-0.15, -0.1) is 16.4 Å². The SMILES string of the molecule is O=C(CSc1n[nH]c(Cc2cccs2)n1)Nc1ccc(Br)cc1F.